The standard InChI is InChI=1S/C20H19N3O2S/c1-16-7-9-17(10-8-16)11-12-26(24,25)23-14-19-13-20(22-15-21-19)18-5-3-2-4-6-18/h2-13,15,23H,14H2,1H3/b12-11+. The van der Waals surface area contributed by atoms with E-state index in [1.807, 2.05) is 61.5 Å². The molecule has 0 saturated heterocycles. The molecule has 0 bridgehead atoms. The molecule has 0 fully saturated rings. The quantitative estimate of drug-likeness (QED) is 0.725. The number of aromatic nitrogens is 2. The van der Waals surface area contributed by atoms with Gasteiger partial charge in [-0.3, -0.25) is 0 Å². The second-order valence-corrected chi connectivity index (χ2v) is 7.49. The summed E-state index contributed by atoms with van der Waals surface area (Å²) in [6.07, 6.45) is 3.01. The molecule has 2 aromatic carbocycles. The van der Waals surface area contributed by atoms with Crippen molar-refractivity contribution in [3.8, 4) is 11.3 Å². The maximum absolute atomic E-state index is 12.2. The predicted octanol–water partition coefficient (Wildman–Crippen LogP) is 3.54. The molecule has 0 aliphatic heterocycles. The Morgan fingerprint density at radius 3 is 2.46 bits per heavy atom. The summed E-state index contributed by atoms with van der Waals surface area (Å²) >= 11 is 0. The molecule has 1 N–H and O–H groups in total. The molecule has 26 heavy (non-hydrogen) atoms. The lowest BCUT2D eigenvalue weighted by Crippen LogP contribution is -2.21. The average Bonchev–Trinajstić information content (AvgIpc) is 2.67. The van der Waals surface area contributed by atoms with Gasteiger partial charge in [-0.2, -0.15) is 0 Å². The van der Waals surface area contributed by atoms with Gasteiger partial charge in [-0.15, -0.1) is 0 Å². The van der Waals surface area contributed by atoms with Gasteiger partial charge in [0, 0.05) is 11.0 Å². The van der Waals surface area contributed by atoms with Crippen LogP contribution in [0.1, 0.15) is 16.8 Å². The molecule has 0 unspecified atom stereocenters. The van der Waals surface area contributed by atoms with Gasteiger partial charge in [0.15, 0.2) is 0 Å². The SMILES string of the molecule is Cc1ccc(/C=C/S(=O)(=O)NCc2cc(-c3ccccc3)ncn2)cc1. The van der Waals surface area contributed by atoms with Crippen LogP contribution in [0.15, 0.2) is 72.4 Å². The van der Waals surface area contributed by atoms with Crippen LogP contribution in [0.2, 0.25) is 0 Å². The third-order valence-corrected chi connectivity index (χ3v) is 4.81. The maximum atomic E-state index is 12.2. The summed E-state index contributed by atoms with van der Waals surface area (Å²) in [6, 6.07) is 19.1. The van der Waals surface area contributed by atoms with Crippen molar-refractivity contribution in [3.05, 3.63) is 89.2 Å². The zero-order valence-corrected chi connectivity index (χ0v) is 15.1. The van der Waals surface area contributed by atoms with Crippen LogP contribution >= 0.6 is 0 Å². The van der Waals surface area contributed by atoms with Crippen LogP contribution in [-0.2, 0) is 16.6 Å². The lowest BCUT2D eigenvalue weighted by molar-refractivity contribution is 0.590. The Labute approximate surface area is 153 Å². The molecule has 0 saturated carbocycles. The molecule has 5 nitrogen and oxygen atoms in total. The third kappa shape index (κ3) is 5.08. The minimum absolute atomic E-state index is 0.100. The normalized spacial score (nSPS) is 11.7. The second kappa shape index (κ2) is 8.03. The van der Waals surface area contributed by atoms with E-state index in [1.165, 1.54) is 6.33 Å². The Morgan fingerprint density at radius 2 is 1.73 bits per heavy atom. The van der Waals surface area contributed by atoms with Crippen molar-refractivity contribution in [2.45, 2.75) is 13.5 Å². The first kappa shape index (κ1) is 18.0. The highest BCUT2D eigenvalue weighted by Crippen LogP contribution is 2.16. The van der Waals surface area contributed by atoms with Crippen molar-refractivity contribution in [1.82, 2.24) is 14.7 Å². The molecular weight excluding hydrogens is 346 g/mol. The fraction of sp³-hybridized carbons (Fsp3) is 0.100. The molecule has 1 aromatic heterocycles. The van der Waals surface area contributed by atoms with Gasteiger partial charge in [-0.05, 0) is 24.6 Å². The topological polar surface area (TPSA) is 72.0 Å². The summed E-state index contributed by atoms with van der Waals surface area (Å²) in [7, 11) is -3.56. The zero-order chi connectivity index (χ0) is 18.4. The van der Waals surface area contributed by atoms with Gasteiger partial charge in [-0.1, -0.05) is 60.2 Å². The molecule has 0 aliphatic carbocycles. The third-order valence-electron chi connectivity index (χ3n) is 3.76. The zero-order valence-electron chi connectivity index (χ0n) is 14.3. The van der Waals surface area contributed by atoms with Crippen molar-refractivity contribution in [2.24, 2.45) is 0 Å². The lowest BCUT2D eigenvalue weighted by atomic mass is 10.1. The largest absolute Gasteiger partial charge is 0.240 e. The number of nitrogens with zero attached hydrogens (tertiary/aromatic N) is 2. The van der Waals surface area contributed by atoms with E-state index in [9.17, 15) is 8.42 Å². The molecule has 1 heterocycles. The van der Waals surface area contributed by atoms with E-state index >= 15 is 0 Å². The monoisotopic (exact) mass is 365 g/mol. The van der Waals surface area contributed by atoms with E-state index in [2.05, 4.69) is 14.7 Å². The summed E-state index contributed by atoms with van der Waals surface area (Å²) in [5.41, 5.74) is 4.27. The Morgan fingerprint density at radius 1 is 1.00 bits per heavy atom. The number of aryl methyl sites for hydroxylation is 1. The number of rotatable bonds is 6. The number of hydrogen-bond donors (Lipinski definition) is 1. The lowest BCUT2D eigenvalue weighted by Gasteiger charge is -2.05. The van der Waals surface area contributed by atoms with Gasteiger partial charge in [-0.25, -0.2) is 23.1 Å². The number of nitrogens with one attached hydrogen (secondary N) is 1. The predicted molar refractivity (Wildman–Crippen MR) is 103 cm³/mol. The highest BCUT2D eigenvalue weighted by Gasteiger charge is 2.07. The van der Waals surface area contributed by atoms with E-state index in [1.54, 1.807) is 12.1 Å². The van der Waals surface area contributed by atoms with Crippen molar-refractivity contribution in [3.63, 3.8) is 0 Å². The van der Waals surface area contributed by atoms with E-state index in [4.69, 9.17) is 0 Å². The van der Waals surface area contributed by atoms with E-state index in [0.717, 1.165) is 27.8 Å². The molecule has 0 amide bonds. The molecule has 6 heteroatoms. The van der Waals surface area contributed by atoms with Crippen molar-refractivity contribution in [1.29, 1.82) is 0 Å². The fourth-order valence-electron chi connectivity index (χ4n) is 2.33. The molecule has 132 valence electrons. The Kier molecular flexibility index (Phi) is 5.55. The van der Waals surface area contributed by atoms with Gasteiger partial charge in [0.1, 0.15) is 6.33 Å². The molecule has 0 aliphatic rings. The van der Waals surface area contributed by atoms with Crippen molar-refractivity contribution >= 4 is 16.1 Å². The Hall–Kier alpha value is -2.83. The summed E-state index contributed by atoms with van der Waals surface area (Å²) in [5.74, 6) is 0. The van der Waals surface area contributed by atoms with Crippen molar-refractivity contribution in [2.75, 3.05) is 0 Å². The van der Waals surface area contributed by atoms with Crippen LogP contribution in [0.3, 0.4) is 0 Å². The minimum Gasteiger partial charge on any atom is -0.240 e. The summed E-state index contributed by atoms with van der Waals surface area (Å²) < 4.78 is 26.8. The highest BCUT2D eigenvalue weighted by atomic mass is 32.2. The molecule has 0 spiro atoms. The Bertz CT molecular complexity index is 999. The van der Waals surface area contributed by atoms with Crippen LogP contribution in [0.25, 0.3) is 17.3 Å². The van der Waals surface area contributed by atoms with E-state index < -0.39 is 10.0 Å². The molecular formula is C20H19N3O2S. The number of sulfonamides is 1. The van der Waals surface area contributed by atoms with Crippen molar-refractivity contribution < 1.29 is 8.42 Å². The van der Waals surface area contributed by atoms with Crippen LogP contribution < -0.4 is 4.72 Å². The fourth-order valence-corrected chi connectivity index (χ4v) is 3.11. The molecule has 0 atom stereocenters. The highest BCUT2D eigenvalue weighted by molar-refractivity contribution is 7.92. The van der Waals surface area contributed by atoms with Crippen LogP contribution in [0.4, 0.5) is 0 Å². The first-order valence-corrected chi connectivity index (χ1v) is 9.67. The average molecular weight is 365 g/mol. The Balaban J connectivity index is 1.67. The smallest absolute Gasteiger partial charge is 0.234 e. The molecule has 3 aromatic rings. The van der Waals surface area contributed by atoms with Crippen LogP contribution in [-0.4, -0.2) is 18.4 Å². The van der Waals surface area contributed by atoms with Gasteiger partial charge in [0.25, 0.3) is 0 Å². The molecule has 3 rings (SSSR count). The maximum Gasteiger partial charge on any atom is 0.234 e. The summed E-state index contributed by atoms with van der Waals surface area (Å²) in [6.45, 7) is 2.08. The van der Waals surface area contributed by atoms with Gasteiger partial charge >= 0.3 is 0 Å². The minimum atomic E-state index is -3.56. The first-order valence-electron chi connectivity index (χ1n) is 8.13. The van der Waals surface area contributed by atoms with Gasteiger partial charge in [0.05, 0.1) is 17.9 Å². The van der Waals surface area contributed by atoms with Gasteiger partial charge in [0.2, 0.25) is 10.0 Å². The number of hydrogen-bond acceptors (Lipinski definition) is 4. The van der Waals surface area contributed by atoms with Gasteiger partial charge < -0.3 is 0 Å². The second-order valence-electron chi connectivity index (χ2n) is 5.84. The van der Waals surface area contributed by atoms with E-state index in [-0.39, 0.29) is 6.54 Å². The summed E-state index contributed by atoms with van der Waals surface area (Å²) in [4.78, 5) is 8.37. The number of benzene rings is 2. The summed E-state index contributed by atoms with van der Waals surface area (Å²) in [5, 5.41) is 1.16. The van der Waals surface area contributed by atoms with Crippen LogP contribution in [0.5, 0.6) is 0 Å². The molecule has 0 radical (unpaired) electrons. The van der Waals surface area contributed by atoms with E-state index in [0.29, 0.717) is 5.69 Å². The van der Waals surface area contributed by atoms with Crippen LogP contribution in [0, 0.1) is 6.92 Å². The first-order chi connectivity index (χ1) is 12.5.